The monoisotopic (exact) mass is 346 g/mol. The number of anilines is 3. The first-order valence-corrected chi connectivity index (χ1v) is 8.80. The number of hydrogen-bond donors (Lipinski definition) is 1. The van der Waals surface area contributed by atoms with Crippen molar-refractivity contribution in [3.8, 4) is 5.75 Å². The maximum atomic E-state index is 5.42. The zero-order valence-electron chi connectivity index (χ0n) is 15.1. The number of aryl methyl sites for hydroxylation is 1. The van der Waals surface area contributed by atoms with Crippen LogP contribution in [0.2, 0.25) is 0 Å². The fourth-order valence-corrected chi connectivity index (χ4v) is 3.31. The van der Waals surface area contributed by atoms with Crippen LogP contribution in [0.1, 0.15) is 16.8 Å². The number of hydrogen-bond acceptors (Lipinski definition) is 5. The molecule has 4 rings (SSSR count). The molecule has 0 amide bonds. The quantitative estimate of drug-likeness (QED) is 0.771. The fraction of sp³-hybridized carbons (Fsp3) is 0.238. The molecule has 26 heavy (non-hydrogen) atoms. The van der Waals surface area contributed by atoms with E-state index in [1.807, 2.05) is 37.3 Å². The Kier molecular flexibility index (Phi) is 4.44. The minimum Gasteiger partial charge on any atom is -0.495 e. The van der Waals surface area contributed by atoms with Crippen LogP contribution in [0.4, 0.5) is 17.5 Å². The lowest BCUT2D eigenvalue weighted by Crippen LogP contribution is -2.32. The Bertz CT molecular complexity index is 925. The maximum Gasteiger partial charge on any atom is 0.227 e. The molecule has 0 atom stereocenters. The summed E-state index contributed by atoms with van der Waals surface area (Å²) in [6.45, 7) is 3.76. The van der Waals surface area contributed by atoms with Gasteiger partial charge in [-0.15, -0.1) is 0 Å². The summed E-state index contributed by atoms with van der Waals surface area (Å²) in [6.07, 6.45) is 1.02. The van der Waals surface area contributed by atoms with Crippen molar-refractivity contribution in [3.05, 3.63) is 71.4 Å². The Morgan fingerprint density at radius 3 is 2.62 bits per heavy atom. The van der Waals surface area contributed by atoms with Crippen molar-refractivity contribution >= 4 is 17.5 Å². The van der Waals surface area contributed by atoms with Gasteiger partial charge in [0.05, 0.1) is 12.8 Å². The first kappa shape index (κ1) is 16.4. The summed E-state index contributed by atoms with van der Waals surface area (Å²) < 4.78 is 5.42. The largest absolute Gasteiger partial charge is 0.495 e. The summed E-state index contributed by atoms with van der Waals surface area (Å²) in [5.74, 6) is 2.32. The van der Waals surface area contributed by atoms with Crippen molar-refractivity contribution < 1.29 is 4.74 Å². The predicted octanol–water partition coefficient (Wildman–Crippen LogP) is 4.10. The van der Waals surface area contributed by atoms with E-state index in [-0.39, 0.29) is 0 Å². The minimum atomic E-state index is 0.761. The molecule has 1 N–H and O–H groups in total. The number of rotatable bonds is 4. The molecular formula is C21H22N4O. The van der Waals surface area contributed by atoms with Crippen LogP contribution in [0.5, 0.6) is 5.75 Å². The lowest BCUT2D eigenvalue weighted by atomic mass is 10.0. The van der Waals surface area contributed by atoms with Gasteiger partial charge < -0.3 is 15.0 Å². The fourth-order valence-electron chi connectivity index (χ4n) is 3.31. The smallest absolute Gasteiger partial charge is 0.227 e. The number of ether oxygens (including phenoxy) is 1. The van der Waals surface area contributed by atoms with Crippen molar-refractivity contribution in [3.63, 3.8) is 0 Å². The summed E-state index contributed by atoms with van der Waals surface area (Å²) in [5, 5.41) is 3.36. The van der Waals surface area contributed by atoms with E-state index in [0.29, 0.717) is 0 Å². The molecule has 2 heterocycles. The van der Waals surface area contributed by atoms with E-state index in [9.17, 15) is 0 Å². The predicted molar refractivity (Wildman–Crippen MR) is 104 cm³/mol. The van der Waals surface area contributed by atoms with Crippen molar-refractivity contribution in [2.45, 2.75) is 19.9 Å². The molecule has 0 aliphatic carbocycles. The van der Waals surface area contributed by atoms with Crippen LogP contribution in [0.3, 0.4) is 0 Å². The van der Waals surface area contributed by atoms with Gasteiger partial charge in [0.15, 0.2) is 0 Å². The number of methoxy groups -OCH3 is 1. The molecule has 3 aromatic rings. The van der Waals surface area contributed by atoms with Gasteiger partial charge >= 0.3 is 0 Å². The standard InChI is InChI=1S/C21H22N4O/c1-15-13-20(23-18-9-5-6-10-19(18)26-2)24-21(22-15)25-12-11-16-7-3-4-8-17(16)14-25/h3-10,13H,11-12,14H2,1-2H3,(H,22,23,24). The third kappa shape index (κ3) is 3.33. The Morgan fingerprint density at radius 1 is 1.00 bits per heavy atom. The Morgan fingerprint density at radius 2 is 1.77 bits per heavy atom. The van der Waals surface area contributed by atoms with E-state index < -0.39 is 0 Å². The third-order valence-electron chi connectivity index (χ3n) is 4.63. The van der Waals surface area contributed by atoms with Gasteiger partial charge in [-0.25, -0.2) is 4.98 Å². The molecule has 1 aromatic heterocycles. The molecule has 1 aliphatic heterocycles. The van der Waals surface area contributed by atoms with Gasteiger partial charge in [0.1, 0.15) is 11.6 Å². The van der Waals surface area contributed by atoms with Gasteiger partial charge in [-0.05, 0) is 36.6 Å². The summed E-state index contributed by atoms with van der Waals surface area (Å²) >= 11 is 0. The second kappa shape index (κ2) is 7.04. The average Bonchev–Trinajstić information content (AvgIpc) is 2.67. The highest BCUT2D eigenvalue weighted by molar-refractivity contribution is 5.65. The van der Waals surface area contributed by atoms with E-state index in [1.165, 1.54) is 11.1 Å². The summed E-state index contributed by atoms with van der Waals surface area (Å²) in [4.78, 5) is 11.6. The minimum absolute atomic E-state index is 0.761. The first-order valence-electron chi connectivity index (χ1n) is 8.80. The molecule has 0 unspecified atom stereocenters. The van der Waals surface area contributed by atoms with Gasteiger partial charge in [-0.2, -0.15) is 4.98 Å². The van der Waals surface area contributed by atoms with E-state index in [0.717, 1.165) is 48.4 Å². The molecule has 0 bridgehead atoms. The molecule has 0 fully saturated rings. The highest BCUT2D eigenvalue weighted by atomic mass is 16.5. The van der Waals surface area contributed by atoms with Gasteiger partial charge in [0.2, 0.25) is 5.95 Å². The molecule has 132 valence electrons. The Hall–Kier alpha value is -3.08. The van der Waals surface area contributed by atoms with E-state index in [2.05, 4.69) is 39.5 Å². The second-order valence-corrected chi connectivity index (χ2v) is 6.46. The summed E-state index contributed by atoms with van der Waals surface area (Å²) in [5.41, 5.74) is 4.60. The number of para-hydroxylation sites is 2. The van der Waals surface area contributed by atoms with Crippen molar-refractivity contribution in [1.29, 1.82) is 0 Å². The topological polar surface area (TPSA) is 50.3 Å². The number of nitrogens with one attached hydrogen (secondary N) is 1. The SMILES string of the molecule is COc1ccccc1Nc1cc(C)nc(N2CCc3ccccc3C2)n1. The van der Waals surface area contributed by atoms with Gasteiger partial charge in [-0.1, -0.05) is 36.4 Å². The average molecular weight is 346 g/mol. The van der Waals surface area contributed by atoms with Gasteiger partial charge in [0.25, 0.3) is 0 Å². The molecule has 5 heteroatoms. The van der Waals surface area contributed by atoms with E-state index in [4.69, 9.17) is 9.72 Å². The van der Waals surface area contributed by atoms with Crippen LogP contribution in [-0.2, 0) is 13.0 Å². The van der Waals surface area contributed by atoms with E-state index >= 15 is 0 Å². The number of aromatic nitrogens is 2. The first-order chi connectivity index (χ1) is 12.7. The molecule has 1 aliphatic rings. The van der Waals surface area contributed by atoms with Crippen molar-refractivity contribution in [2.24, 2.45) is 0 Å². The normalized spacial score (nSPS) is 13.2. The number of benzene rings is 2. The zero-order valence-corrected chi connectivity index (χ0v) is 15.1. The van der Waals surface area contributed by atoms with Crippen molar-refractivity contribution in [1.82, 2.24) is 9.97 Å². The highest BCUT2D eigenvalue weighted by Gasteiger charge is 2.19. The Labute approximate surface area is 153 Å². The highest BCUT2D eigenvalue weighted by Crippen LogP contribution is 2.28. The van der Waals surface area contributed by atoms with Gasteiger partial charge in [-0.3, -0.25) is 0 Å². The summed E-state index contributed by atoms with van der Waals surface area (Å²) in [6, 6.07) is 18.4. The molecular weight excluding hydrogens is 324 g/mol. The van der Waals surface area contributed by atoms with Crippen LogP contribution >= 0.6 is 0 Å². The molecule has 0 saturated heterocycles. The van der Waals surface area contributed by atoms with Crippen LogP contribution < -0.4 is 15.0 Å². The Balaban J connectivity index is 1.61. The zero-order chi connectivity index (χ0) is 17.9. The molecule has 0 spiro atoms. The second-order valence-electron chi connectivity index (χ2n) is 6.46. The summed E-state index contributed by atoms with van der Waals surface area (Å²) in [7, 11) is 1.67. The van der Waals surface area contributed by atoms with Crippen LogP contribution in [0, 0.1) is 6.92 Å². The number of fused-ring (bicyclic) bond motifs is 1. The van der Waals surface area contributed by atoms with Gasteiger partial charge in [0, 0.05) is 24.8 Å². The molecule has 2 aromatic carbocycles. The molecule has 5 nitrogen and oxygen atoms in total. The van der Waals surface area contributed by atoms with Crippen molar-refractivity contribution in [2.75, 3.05) is 23.9 Å². The maximum absolute atomic E-state index is 5.42. The molecule has 0 saturated carbocycles. The van der Waals surface area contributed by atoms with Crippen LogP contribution in [0.15, 0.2) is 54.6 Å². The van der Waals surface area contributed by atoms with E-state index in [1.54, 1.807) is 7.11 Å². The lowest BCUT2D eigenvalue weighted by Gasteiger charge is -2.29. The van der Waals surface area contributed by atoms with Crippen LogP contribution in [0.25, 0.3) is 0 Å². The third-order valence-corrected chi connectivity index (χ3v) is 4.63. The molecule has 0 radical (unpaired) electrons. The lowest BCUT2D eigenvalue weighted by molar-refractivity contribution is 0.417. The van der Waals surface area contributed by atoms with Crippen LogP contribution in [-0.4, -0.2) is 23.6 Å². The number of nitrogens with zero attached hydrogens (tertiary/aromatic N) is 3.